The number of hydrogen-bond acceptors (Lipinski definition) is 2. The predicted octanol–water partition coefficient (Wildman–Crippen LogP) is 3.68. The third-order valence-corrected chi connectivity index (χ3v) is 6.27. The molecule has 1 saturated heterocycles. The van der Waals surface area contributed by atoms with Gasteiger partial charge >= 0.3 is 0 Å². The lowest BCUT2D eigenvalue weighted by Crippen LogP contribution is -2.16. The van der Waals surface area contributed by atoms with E-state index in [4.69, 9.17) is 4.74 Å². The normalized spacial score (nSPS) is 32.4. The van der Waals surface area contributed by atoms with Crippen LogP contribution in [0.4, 0.5) is 0 Å². The summed E-state index contributed by atoms with van der Waals surface area (Å²) in [5.41, 5.74) is 1.42. The zero-order valence-electron chi connectivity index (χ0n) is 9.06. The summed E-state index contributed by atoms with van der Waals surface area (Å²) >= 11 is 5.86. The third kappa shape index (κ3) is 2.00. The standard InChI is InChI=1S/C13H15BrOS/c14-12-8-16-7-10(12)5-9-6-15-13-4-2-1-3-11(9)13/h1-4,9-10,12H,5-8H2. The molecule has 0 saturated carbocycles. The second-order valence-electron chi connectivity index (χ2n) is 4.59. The third-order valence-electron chi connectivity index (χ3n) is 3.51. The van der Waals surface area contributed by atoms with Crippen molar-refractivity contribution < 1.29 is 4.74 Å². The molecule has 3 atom stereocenters. The Bertz CT molecular complexity index is 382. The van der Waals surface area contributed by atoms with Gasteiger partial charge in [0, 0.05) is 22.1 Å². The average Bonchev–Trinajstić information content (AvgIpc) is 2.88. The molecule has 2 heterocycles. The highest BCUT2D eigenvalue weighted by Crippen LogP contribution is 2.41. The molecule has 1 aromatic rings. The van der Waals surface area contributed by atoms with Crippen LogP contribution >= 0.6 is 27.7 Å². The SMILES string of the molecule is BrC1CSCC1CC1COc2ccccc21. The molecule has 86 valence electrons. The Labute approximate surface area is 109 Å². The van der Waals surface area contributed by atoms with Crippen molar-refractivity contribution in [3.8, 4) is 5.75 Å². The Hall–Kier alpha value is -0.150. The number of ether oxygens (including phenoxy) is 1. The number of halogens is 1. The van der Waals surface area contributed by atoms with Gasteiger partial charge in [-0.25, -0.2) is 0 Å². The number of para-hydroxylation sites is 1. The zero-order valence-corrected chi connectivity index (χ0v) is 11.5. The molecule has 3 unspecified atom stereocenters. The topological polar surface area (TPSA) is 9.23 Å². The second-order valence-corrected chi connectivity index (χ2v) is 6.85. The molecule has 2 aliphatic rings. The molecule has 1 aromatic carbocycles. The van der Waals surface area contributed by atoms with E-state index in [0.29, 0.717) is 10.7 Å². The van der Waals surface area contributed by atoms with Crippen LogP contribution < -0.4 is 4.74 Å². The van der Waals surface area contributed by atoms with Crippen molar-refractivity contribution >= 4 is 27.7 Å². The lowest BCUT2D eigenvalue weighted by molar-refractivity contribution is 0.312. The van der Waals surface area contributed by atoms with Gasteiger partial charge in [-0.05, 0) is 24.2 Å². The fourth-order valence-electron chi connectivity index (χ4n) is 2.58. The average molecular weight is 299 g/mol. The van der Waals surface area contributed by atoms with Crippen LogP contribution in [0.3, 0.4) is 0 Å². The molecule has 1 fully saturated rings. The van der Waals surface area contributed by atoms with Gasteiger partial charge in [0.1, 0.15) is 5.75 Å². The highest BCUT2D eigenvalue weighted by atomic mass is 79.9. The molecule has 3 heteroatoms. The zero-order chi connectivity index (χ0) is 11.0. The van der Waals surface area contributed by atoms with Crippen LogP contribution in [-0.2, 0) is 0 Å². The Balaban J connectivity index is 1.73. The van der Waals surface area contributed by atoms with Crippen LogP contribution in [0.1, 0.15) is 17.9 Å². The van der Waals surface area contributed by atoms with Crippen LogP contribution in [0.25, 0.3) is 0 Å². The maximum Gasteiger partial charge on any atom is 0.122 e. The van der Waals surface area contributed by atoms with Gasteiger partial charge in [0.15, 0.2) is 0 Å². The fraction of sp³-hybridized carbons (Fsp3) is 0.538. The van der Waals surface area contributed by atoms with E-state index >= 15 is 0 Å². The number of alkyl halides is 1. The van der Waals surface area contributed by atoms with Crippen LogP contribution in [-0.4, -0.2) is 22.9 Å². The van der Waals surface area contributed by atoms with E-state index < -0.39 is 0 Å². The first-order valence-corrected chi connectivity index (χ1v) is 7.85. The molecule has 0 aliphatic carbocycles. The molecule has 0 aromatic heterocycles. The molecule has 2 aliphatic heterocycles. The van der Waals surface area contributed by atoms with Crippen molar-refractivity contribution in [3.05, 3.63) is 29.8 Å². The number of rotatable bonds is 2. The summed E-state index contributed by atoms with van der Waals surface area (Å²) in [7, 11) is 0. The van der Waals surface area contributed by atoms with Crippen LogP contribution in [0.15, 0.2) is 24.3 Å². The van der Waals surface area contributed by atoms with Gasteiger partial charge < -0.3 is 4.74 Å². The van der Waals surface area contributed by atoms with Gasteiger partial charge in [0.2, 0.25) is 0 Å². The molecule has 0 N–H and O–H groups in total. The summed E-state index contributed by atoms with van der Waals surface area (Å²) in [5.74, 6) is 5.09. The van der Waals surface area contributed by atoms with Gasteiger partial charge in [0.25, 0.3) is 0 Å². The first-order valence-electron chi connectivity index (χ1n) is 5.78. The molecular formula is C13H15BrOS. The summed E-state index contributed by atoms with van der Waals surface area (Å²) in [4.78, 5) is 0.699. The van der Waals surface area contributed by atoms with Gasteiger partial charge in [-0.3, -0.25) is 0 Å². The molecule has 16 heavy (non-hydrogen) atoms. The van der Waals surface area contributed by atoms with Crippen molar-refractivity contribution in [2.45, 2.75) is 17.2 Å². The first-order chi connectivity index (χ1) is 7.84. The minimum Gasteiger partial charge on any atom is -0.493 e. The fourth-order valence-corrected chi connectivity index (χ4v) is 5.09. The minimum absolute atomic E-state index is 0.611. The van der Waals surface area contributed by atoms with Crippen LogP contribution in [0, 0.1) is 5.92 Å². The van der Waals surface area contributed by atoms with E-state index in [2.05, 4.69) is 52.0 Å². The Morgan fingerprint density at radius 2 is 2.19 bits per heavy atom. The largest absolute Gasteiger partial charge is 0.493 e. The Morgan fingerprint density at radius 1 is 1.31 bits per heavy atom. The highest BCUT2D eigenvalue weighted by molar-refractivity contribution is 9.09. The maximum absolute atomic E-state index is 5.73. The molecule has 0 amide bonds. The molecule has 1 nitrogen and oxygen atoms in total. The number of thioether (sulfide) groups is 1. The van der Waals surface area contributed by atoms with Gasteiger partial charge in [-0.1, -0.05) is 34.1 Å². The van der Waals surface area contributed by atoms with E-state index in [-0.39, 0.29) is 0 Å². The lowest BCUT2D eigenvalue weighted by Gasteiger charge is -2.17. The first kappa shape index (κ1) is 11.0. The number of hydrogen-bond donors (Lipinski definition) is 0. The van der Waals surface area contributed by atoms with E-state index in [1.54, 1.807) is 0 Å². The molecule has 0 radical (unpaired) electrons. The van der Waals surface area contributed by atoms with E-state index in [0.717, 1.165) is 18.3 Å². The van der Waals surface area contributed by atoms with Crippen molar-refractivity contribution in [2.75, 3.05) is 18.1 Å². The Morgan fingerprint density at radius 3 is 3.00 bits per heavy atom. The van der Waals surface area contributed by atoms with E-state index in [9.17, 15) is 0 Å². The van der Waals surface area contributed by atoms with Gasteiger partial charge in [-0.15, -0.1) is 0 Å². The van der Waals surface area contributed by atoms with Crippen LogP contribution in [0.5, 0.6) is 5.75 Å². The highest BCUT2D eigenvalue weighted by Gasteiger charge is 2.32. The summed E-state index contributed by atoms with van der Waals surface area (Å²) < 4.78 is 5.73. The second kappa shape index (κ2) is 4.61. The smallest absolute Gasteiger partial charge is 0.122 e. The number of fused-ring (bicyclic) bond motifs is 1. The van der Waals surface area contributed by atoms with Crippen molar-refractivity contribution in [3.63, 3.8) is 0 Å². The Kier molecular flexibility index (Phi) is 3.16. The maximum atomic E-state index is 5.73. The van der Waals surface area contributed by atoms with Gasteiger partial charge in [-0.2, -0.15) is 11.8 Å². The predicted molar refractivity (Wildman–Crippen MR) is 72.8 cm³/mol. The minimum atomic E-state index is 0.611. The molecule has 3 rings (SSSR count). The summed E-state index contributed by atoms with van der Waals surface area (Å²) in [6.07, 6.45) is 1.26. The molecule has 0 bridgehead atoms. The van der Waals surface area contributed by atoms with E-state index in [1.165, 1.54) is 23.5 Å². The van der Waals surface area contributed by atoms with E-state index in [1.807, 2.05) is 0 Å². The monoisotopic (exact) mass is 298 g/mol. The summed E-state index contributed by atoms with van der Waals surface area (Å²) in [6.45, 7) is 0.875. The molecular weight excluding hydrogens is 284 g/mol. The summed E-state index contributed by atoms with van der Waals surface area (Å²) in [6, 6.07) is 8.48. The van der Waals surface area contributed by atoms with Crippen molar-refractivity contribution in [2.24, 2.45) is 5.92 Å². The van der Waals surface area contributed by atoms with Crippen molar-refractivity contribution in [1.29, 1.82) is 0 Å². The van der Waals surface area contributed by atoms with Crippen LogP contribution in [0.2, 0.25) is 0 Å². The summed E-state index contributed by atoms with van der Waals surface area (Å²) in [5, 5.41) is 0. The molecule has 0 spiro atoms. The van der Waals surface area contributed by atoms with Gasteiger partial charge in [0.05, 0.1) is 6.61 Å². The lowest BCUT2D eigenvalue weighted by atomic mass is 9.90. The van der Waals surface area contributed by atoms with Crippen molar-refractivity contribution in [1.82, 2.24) is 0 Å². The quantitative estimate of drug-likeness (QED) is 0.770. The number of benzene rings is 1.